The lowest BCUT2D eigenvalue weighted by Crippen LogP contribution is -2.47. The number of thioether (sulfide) groups is 1. The van der Waals surface area contributed by atoms with E-state index in [-0.39, 0.29) is 5.91 Å². The Labute approximate surface area is 135 Å². The minimum atomic E-state index is -0.744. The predicted octanol–water partition coefficient (Wildman–Crippen LogP) is 2.89. The molecule has 0 bridgehead atoms. The third kappa shape index (κ3) is 4.63. The van der Waals surface area contributed by atoms with Crippen LogP contribution in [0.4, 0.5) is 0 Å². The van der Waals surface area contributed by atoms with Crippen LogP contribution >= 0.6 is 23.4 Å². The molecule has 1 aromatic rings. The van der Waals surface area contributed by atoms with Crippen molar-refractivity contribution in [1.29, 1.82) is 0 Å². The van der Waals surface area contributed by atoms with Gasteiger partial charge in [0.25, 0.3) is 0 Å². The number of halogens is 1. The summed E-state index contributed by atoms with van der Waals surface area (Å²) >= 11 is 7.71. The van der Waals surface area contributed by atoms with Gasteiger partial charge in [-0.25, -0.2) is 0 Å². The average Bonchev–Trinajstić information content (AvgIpc) is 2.83. The van der Waals surface area contributed by atoms with Crippen LogP contribution in [0.15, 0.2) is 24.3 Å². The average molecular weight is 328 g/mol. The summed E-state index contributed by atoms with van der Waals surface area (Å²) < 4.78 is 0. The van der Waals surface area contributed by atoms with E-state index in [9.17, 15) is 9.90 Å². The zero-order chi connectivity index (χ0) is 15.5. The molecule has 3 nitrogen and oxygen atoms in total. The number of carbonyl (C=O) groups excluding carboxylic acids is 1. The van der Waals surface area contributed by atoms with E-state index >= 15 is 0 Å². The molecule has 21 heavy (non-hydrogen) atoms. The second-order valence-electron chi connectivity index (χ2n) is 6.40. The van der Waals surface area contributed by atoms with E-state index in [4.69, 9.17) is 11.6 Å². The molecule has 1 aliphatic heterocycles. The van der Waals surface area contributed by atoms with Crippen LogP contribution in [0, 0.1) is 5.41 Å². The molecule has 0 unspecified atom stereocenters. The number of hydrogen-bond acceptors (Lipinski definition) is 3. The maximum Gasteiger partial charge on any atom is 0.226 e. The Kier molecular flexibility index (Phi) is 5.23. The lowest BCUT2D eigenvalue weighted by Gasteiger charge is -2.27. The van der Waals surface area contributed by atoms with Crippen molar-refractivity contribution in [2.45, 2.75) is 32.3 Å². The van der Waals surface area contributed by atoms with Gasteiger partial charge in [-0.3, -0.25) is 4.79 Å². The molecule has 1 aromatic carbocycles. The monoisotopic (exact) mass is 327 g/mol. The van der Waals surface area contributed by atoms with Crippen LogP contribution < -0.4 is 5.32 Å². The van der Waals surface area contributed by atoms with Gasteiger partial charge in [0.2, 0.25) is 5.91 Å². The summed E-state index contributed by atoms with van der Waals surface area (Å²) in [5.41, 5.74) is -0.239. The van der Waals surface area contributed by atoms with E-state index in [2.05, 4.69) is 5.32 Å². The fraction of sp³-hybridized carbons (Fsp3) is 0.562. The summed E-state index contributed by atoms with van der Waals surface area (Å²) in [5, 5.41) is 13.9. The van der Waals surface area contributed by atoms with E-state index in [0.717, 1.165) is 17.7 Å². The molecule has 1 atom stereocenters. The van der Waals surface area contributed by atoms with E-state index in [1.165, 1.54) is 0 Å². The number of rotatable bonds is 5. The normalized spacial score (nSPS) is 22.3. The molecule has 1 aliphatic rings. The minimum Gasteiger partial charge on any atom is -0.387 e. The number of hydrogen-bond donors (Lipinski definition) is 2. The van der Waals surface area contributed by atoms with Crippen molar-refractivity contribution in [2.24, 2.45) is 5.41 Å². The van der Waals surface area contributed by atoms with Crippen molar-refractivity contribution >= 4 is 29.3 Å². The number of amides is 1. The third-order valence-corrected chi connectivity index (χ3v) is 5.28. The Bertz CT molecular complexity index is 513. The van der Waals surface area contributed by atoms with Crippen molar-refractivity contribution < 1.29 is 9.90 Å². The fourth-order valence-corrected chi connectivity index (χ4v) is 3.97. The number of aliphatic hydroxyl groups is 1. The highest BCUT2D eigenvalue weighted by Crippen LogP contribution is 2.28. The summed E-state index contributed by atoms with van der Waals surface area (Å²) in [7, 11) is 0. The molecule has 2 N–H and O–H groups in total. The number of benzene rings is 1. The molecular weight excluding hydrogens is 306 g/mol. The maximum atomic E-state index is 12.4. The Morgan fingerprint density at radius 1 is 1.52 bits per heavy atom. The van der Waals surface area contributed by atoms with E-state index in [1.807, 2.05) is 38.1 Å². The van der Waals surface area contributed by atoms with Crippen LogP contribution in [0.5, 0.6) is 0 Å². The maximum absolute atomic E-state index is 12.4. The summed E-state index contributed by atoms with van der Waals surface area (Å²) in [6, 6.07) is 7.58. The highest BCUT2D eigenvalue weighted by molar-refractivity contribution is 7.99. The largest absolute Gasteiger partial charge is 0.387 e. The van der Waals surface area contributed by atoms with Gasteiger partial charge in [-0.05, 0) is 36.3 Å². The van der Waals surface area contributed by atoms with Crippen LogP contribution in [0.25, 0.3) is 0 Å². The van der Waals surface area contributed by atoms with Crippen LogP contribution in [0.1, 0.15) is 25.8 Å². The molecular formula is C16H22ClNO2S. The Balaban J connectivity index is 1.93. The van der Waals surface area contributed by atoms with Gasteiger partial charge in [-0.2, -0.15) is 11.8 Å². The zero-order valence-corrected chi connectivity index (χ0v) is 14.1. The highest BCUT2D eigenvalue weighted by Gasteiger charge is 2.34. The molecule has 0 aliphatic carbocycles. The molecule has 2 rings (SSSR count). The molecule has 116 valence electrons. The molecule has 5 heteroatoms. The molecule has 0 aromatic heterocycles. The standard InChI is InChI=1S/C16H22ClNO2S/c1-15(2,9-12-4-3-5-13(17)8-12)14(19)18-10-16(20)6-7-21-11-16/h3-5,8,20H,6-7,9-11H2,1-2H3,(H,18,19)/t16-/m0/s1. The summed E-state index contributed by atoms with van der Waals surface area (Å²) in [6.07, 6.45) is 1.36. The Morgan fingerprint density at radius 3 is 2.90 bits per heavy atom. The first-order valence-electron chi connectivity index (χ1n) is 7.14. The minimum absolute atomic E-state index is 0.0344. The second kappa shape index (κ2) is 6.59. The van der Waals surface area contributed by atoms with Gasteiger partial charge in [0, 0.05) is 22.7 Å². The van der Waals surface area contributed by atoms with Crippen molar-refractivity contribution in [3.63, 3.8) is 0 Å². The quantitative estimate of drug-likeness (QED) is 0.874. The first-order chi connectivity index (χ1) is 9.81. The first-order valence-corrected chi connectivity index (χ1v) is 8.67. The van der Waals surface area contributed by atoms with Gasteiger partial charge in [-0.1, -0.05) is 37.6 Å². The van der Waals surface area contributed by atoms with Gasteiger partial charge in [0.05, 0.1) is 5.60 Å². The second-order valence-corrected chi connectivity index (χ2v) is 7.94. The van der Waals surface area contributed by atoms with Crippen LogP contribution in [-0.2, 0) is 11.2 Å². The van der Waals surface area contributed by atoms with Crippen LogP contribution in [0.2, 0.25) is 5.02 Å². The molecule has 1 amide bonds. The molecule has 1 fully saturated rings. The topological polar surface area (TPSA) is 49.3 Å². The molecule has 0 saturated carbocycles. The van der Waals surface area contributed by atoms with Gasteiger partial charge in [0.1, 0.15) is 0 Å². The lowest BCUT2D eigenvalue weighted by atomic mass is 9.84. The van der Waals surface area contributed by atoms with Gasteiger partial charge in [0.15, 0.2) is 0 Å². The van der Waals surface area contributed by atoms with Crippen LogP contribution in [-0.4, -0.2) is 34.7 Å². The van der Waals surface area contributed by atoms with Crippen LogP contribution in [0.3, 0.4) is 0 Å². The molecule has 1 saturated heterocycles. The SMILES string of the molecule is CC(C)(Cc1cccc(Cl)c1)C(=O)NC[C@@]1(O)CCSC1. The summed E-state index contributed by atoms with van der Waals surface area (Å²) in [4.78, 5) is 12.4. The van der Waals surface area contributed by atoms with Crippen molar-refractivity contribution in [3.05, 3.63) is 34.9 Å². The zero-order valence-electron chi connectivity index (χ0n) is 12.5. The molecule has 0 radical (unpaired) electrons. The van der Waals surface area contributed by atoms with E-state index in [1.54, 1.807) is 11.8 Å². The van der Waals surface area contributed by atoms with Gasteiger partial charge < -0.3 is 10.4 Å². The van der Waals surface area contributed by atoms with Gasteiger partial charge in [-0.15, -0.1) is 0 Å². The number of nitrogens with one attached hydrogen (secondary N) is 1. The molecule has 0 spiro atoms. The van der Waals surface area contributed by atoms with Crippen molar-refractivity contribution in [1.82, 2.24) is 5.32 Å². The third-order valence-electron chi connectivity index (χ3n) is 3.81. The fourth-order valence-electron chi connectivity index (χ4n) is 2.46. The van der Waals surface area contributed by atoms with Crippen molar-refractivity contribution in [3.8, 4) is 0 Å². The smallest absolute Gasteiger partial charge is 0.226 e. The number of carbonyl (C=O) groups is 1. The summed E-state index contributed by atoms with van der Waals surface area (Å²) in [6.45, 7) is 4.16. The van der Waals surface area contributed by atoms with Gasteiger partial charge >= 0.3 is 0 Å². The lowest BCUT2D eigenvalue weighted by molar-refractivity contribution is -0.130. The first kappa shape index (κ1) is 16.7. The Morgan fingerprint density at radius 2 is 2.29 bits per heavy atom. The summed E-state index contributed by atoms with van der Waals surface area (Å²) in [5.74, 6) is 1.62. The Hall–Kier alpha value is -0.710. The highest BCUT2D eigenvalue weighted by atomic mass is 35.5. The predicted molar refractivity (Wildman–Crippen MR) is 88.8 cm³/mol. The molecule has 1 heterocycles. The van der Waals surface area contributed by atoms with E-state index in [0.29, 0.717) is 23.7 Å². The van der Waals surface area contributed by atoms with Crippen molar-refractivity contribution in [2.75, 3.05) is 18.1 Å². The van der Waals surface area contributed by atoms with E-state index < -0.39 is 11.0 Å².